The van der Waals surface area contributed by atoms with E-state index >= 15 is 0 Å². The van der Waals surface area contributed by atoms with Crippen LogP contribution >= 0.6 is 11.3 Å². The predicted octanol–water partition coefficient (Wildman–Crippen LogP) is 1.99. The third-order valence-corrected chi connectivity index (χ3v) is 4.89. The summed E-state index contributed by atoms with van der Waals surface area (Å²) in [5.41, 5.74) is 2.50. The van der Waals surface area contributed by atoms with Crippen LogP contribution in [0.4, 0.5) is 5.82 Å². The van der Waals surface area contributed by atoms with Gasteiger partial charge in [0.2, 0.25) is 5.88 Å². The summed E-state index contributed by atoms with van der Waals surface area (Å²) in [5, 5.41) is 8.22. The van der Waals surface area contributed by atoms with Gasteiger partial charge in [-0.2, -0.15) is 0 Å². The predicted molar refractivity (Wildman–Crippen MR) is 92.8 cm³/mol. The number of thiazole rings is 1. The molecule has 7 nitrogen and oxygen atoms in total. The normalized spacial score (nSPS) is 17.6. The van der Waals surface area contributed by atoms with Gasteiger partial charge in [0.1, 0.15) is 11.0 Å². The molecular weight excluding hydrogens is 326 g/mol. The van der Waals surface area contributed by atoms with Crippen LogP contribution in [-0.2, 0) is 0 Å². The number of aromatic nitrogens is 3. The Balaban J connectivity index is 1.63. The van der Waals surface area contributed by atoms with Crippen molar-refractivity contribution in [1.29, 1.82) is 0 Å². The summed E-state index contributed by atoms with van der Waals surface area (Å²) in [6.07, 6.45) is 1.76. The first-order chi connectivity index (χ1) is 11.5. The average Bonchev–Trinajstić information content (AvgIpc) is 3.01. The van der Waals surface area contributed by atoms with Crippen molar-refractivity contribution in [2.75, 3.05) is 32.1 Å². The minimum absolute atomic E-state index is 0.0392. The first-order valence-electron chi connectivity index (χ1n) is 7.91. The molecule has 2 aromatic heterocycles. The smallest absolute Gasteiger partial charge is 0.265 e. The Morgan fingerprint density at radius 1 is 1.38 bits per heavy atom. The molecule has 8 heteroatoms. The van der Waals surface area contributed by atoms with Gasteiger partial charge in [0, 0.05) is 26.7 Å². The minimum atomic E-state index is -0.0598. The molecule has 0 aliphatic carbocycles. The van der Waals surface area contributed by atoms with Crippen molar-refractivity contribution < 1.29 is 9.53 Å². The molecule has 0 aromatic carbocycles. The van der Waals surface area contributed by atoms with Gasteiger partial charge in [-0.15, -0.1) is 21.5 Å². The maximum absolute atomic E-state index is 12.6. The number of anilines is 1. The topological polar surface area (TPSA) is 71.5 Å². The highest BCUT2D eigenvalue weighted by molar-refractivity contribution is 7.11. The van der Waals surface area contributed by atoms with Crippen molar-refractivity contribution in [2.45, 2.75) is 25.9 Å². The fourth-order valence-electron chi connectivity index (χ4n) is 2.65. The molecule has 1 unspecified atom stereocenters. The third-order valence-electron chi connectivity index (χ3n) is 3.98. The fraction of sp³-hybridized carbons (Fsp3) is 0.500. The highest BCUT2D eigenvalue weighted by Crippen LogP contribution is 2.21. The lowest BCUT2D eigenvalue weighted by Crippen LogP contribution is -2.44. The molecule has 1 aliphatic heterocycles. The number of piperidine rings is 1. The molecule has 0 radical (unpaired) electrons. The Morgan fingerprint density at radius 3 is 2.83 bits per heavy atom. The minimum Gasteiger partial charge on any atom is -0.471 e. The molecule has 0 N–H and O–H groups in total. The number of ether oxygens (including phenoxy) is 1. The van der Waals surface area contributed by atoms with Crippen LogP contribution in [0, 0.1) is 6.92 Å². The Hall–Kier alpha value is -2.22. The van der Waals surface area contributed by atoms with Crippen molar-refractivity contribution in [3.8, 4) is 5.88 Å². The van der Waals surface area contributed by atoms with Gasteiger partial charge in [0.25, 0.3) is 5.91 Å². The molecule has 1 saturated heterocycles. The third kappa shape index (κ3) is 3.64. The number of rotatable bonds is 4. The van der Waals surface area contributed by atoms with Crippen LogP contribution in [0.1, 0.15) is 28.2 Å². The Labute approximate surface area is 145 Å². The van der Waals surface area contributed by atoms with E-state index in [2.05, 4.69) is 15.2 Å². The van der Waals surface area contributed by atoms with E-state index in [0.29, 0.717) is 17.3 Å². The quantitative estimate of drug-likeness (QED) is 0.842. The lowest BCUT2D eigenvalue weighted by Gasteiger charge is -2.32. The van der Waals surface area contributed by atoms with Gasteiger partial charge in [0.05, 0.1) is 17.7 Å². The summed E-state index contributed by atoms with van der Waals surface area (Å²) in [6, 6.07) is 3.69. The van der Waals surface area contributed by atoms with Gasteiger partial charge in [-0.05, 0) is 25.8 Å². The van der Waals surface area contributed by atoms with Crippen LogP contribution in [-0.4, -0.2) is 59.3 Å². The zero-order valence-electron chi connectivity index (χ0n) is 14.1. The molecule has 1 atom stereocenters. The number of carbonyl (C=O) groups excluding carboxylic acids is 1. The van der Waals surface area contributed by atoms with Gasteiger partial charge < -0.3 is 14.5 Å². The first-order valence-corrected chi connectivity index (χ1v) is 8.79. The molecule has 0 bridgehead atoms. The Bertz CT molecular complexity index is 701. The van der Waals surface area contributed by atoms with Gasteiger partial charge in [-0.25, -0.2) is 4.98 Å². The van der Waals surface area contributed by atoms with Crippen molar-refractivity contribution >= 4 is 23.1 Å². The maximum Gasteiger partial charge on any atom is 0.265 e. The van der Waals surface area contributed by atoms with E-state index in [4.69, 9.17) is 4.74 Å². The first kappa shape index (κ1) is 16.6. The summed E-state index contributed by atoms with van der Waals surface area (Å²) in [5.74, 6) is 1.31. The maximum atomic E-state index is 12.6. The summed E-state index contributed by atoms with van der Waals surface area (Å²) in [7, 11) is 3.83. The number of hydrogen-bond acceptors (Lipinski definition) is 7. The zero-order chi connectivity index (χ0) is 17.1. The van der Waals surface area contributed by atoms with Crippen LogP contribution in [0.3, 0.4) is 0 Å². The molecule has 1 aliphatic rings. The highest BCUT2D eigenvalue weighted by Gasteiger charge is 2.27. The van der Waals surface area contributed by atoms with E-state index in [1.807, 2.05) is 43.0 Å². The van der Waals surface area contributed by atoms with E-state index in [-0.39, 0.29) is 12.0 Å². The fourth-order valence-corrected chi connectivity index (χ4v) is 3.42. The van der Waals surface area contributed by atoms with Crippen molar-refractivity contribution in [3.63, 3.8) is 0 Å². The molecule has 0 saturated carbocycles. The van der Waals surface area contributed by atoms with E-state index < -0.39 is 0 Å². The second-order valence-corrected chi connectivity index (χ2v) is 6.88. The van der Waals surface area contributed by atoms with E-state index in [0.717, 1.165) is 30.9 Å². The van der Waals surface area contributed by atoms with Crippen LogP contribution < -0.4 is 9.64 Å². The van der Waals surface area contributed by atoms with Crippen LogP contribution in [0.5, 0.6) is 5.88 Å². The number of amides is 1. The number of nitrogens with zero attached hydrogens (tertiary/aromatic N) is 5. The highest BCUT2D eigenvalue weighted by atomic mass is 32.1. The summed E-state index contributed by atoms with van der Waals surface area (Å²) >= 11 is 1.39. The SMILES string of the molecule is Cc1ncsc1C(=O)N1CCCC(Oc2ccc(N(C)C)nn2)C1. The van der Waals surface area contributed by atoms with E-state index in [1.165, 1.54) is 11.3 Å². The molecular formula is C16H21N5O2S. The number of aryl methyl sites for hydroxylation is 1. The van der Waals surface area contributed by atoms with Gasteiger partial charge in [-0.1, -0.05) is 0 Å². The standard InChI is InChI=1S/C16H21N5O2S/c1-11-15(24-10-17-11)16(22)21-8-4-5-12(9-21)23-14-7-6-13(18-19-14)20(2)3/h6-7,10,12H,4-5,8-9H2,1-3H3. The summed E-state index contributed by atoms with van der Waals surface area (Å²) < 4.78 is 5.92. The molecule has 3 rings (SSSR count). The van der Waals surface area contributed by atoms with Crippen LogP contribution in [0.15, 0.2) is 17.6 Å². The van der Waals surface area contributed by atoms with Crippen molar-refractivity contribution in [3.05, 3.63) is 28.2 Å². The summed E-state index contributed by atoms with van der Waals surface area (Å²) in [6.45, 7) is 3.18. The Kier molecular flexibility index (Phi) is 4.94. The van der Waals surface area contributed by atoms with Crippen LogP contribution in [0.2, 0.25) is 0 Å². The lowest BCUT2D eigenvalue weighted by atomic mass is 10.1. The molecule has 1 fully saturated rings. The average molecular weight is 347 g/mol. The lowest BCUT2D eigenvalue weighted by molar-refractivity contribution is 0.0529. The number of carbonyl (C=O) groups is 1. The van der Waals surface area contributed by atoms with Gasteiger partial charge in [0.15, 0.2) is 5.82 Å². The Morgan fingerprint density at radius 2 is 2.21 bits per heavy atom. The zero-order valence-corrected chi connectivity index (χ0v) is 14.9. The molecule has 128 valence electrons. The molecule has 24 heavy (non-hydrogen) atoms. The summed E-state index contributed by atoms with van der Waals surface area (Å²) in [4.78, 5) is 21.2. The number of likely N-dealkylation sites (tertiary alicyclic amines) is 1. The molecule has 1 amide bonds. The largest absolute Gasteiger partial charge is 0.471 e. The molecule has 0 spiro atoms. The van der Waals surface area contributed by atoms with Crippen molar-refractivity contribution in [2.24, 2.45) is 0 Å². The number of hydrogen-bond donors (Lipinski definition) is 0. The van der Waals surface area contributed by atoms with Gasteiger partial charge >= 0.3 is 0 Å². The molecule has 3 heterocycles. The molecule has 2 aromatic rings. The second-order valence-electron chi connectivity index (χ2n) is 6.02. The monoisotopic (exact) mass is 347 g/mol. The second kappa shape index (κ2) is 7.12. The van der Waals surface area contributed by atoms with Crippen molar-refractivity contribution in [1.82, 2.24) is 20.1 Å². The van der Waals surface area contributed by atoms with E-state index in [1.54, 1.807) is 5.51 Å². The van der Waals surface area contributed by atoms with Crippen LogP contribution in [0.25, 0.3) is 0 Å². The van der Waals surface area contributed by atoms with E-state index in [9.17, 15) is 4.79 Å². The van der Waals surface area contributed by atoms with Gasteiger partial charge in [-0.3, -0.25) is 4.79 Å².